The number of nitrogens with one attached hydrogen (secondary N) is 2. The summed E-state index contributed by atoms with van der Waals surface area (Å²) >= 11 is 0. The van der Waals surface area contributed by atoms with Crippen molar-refractivity contribution < 1.29 is 18.9 Å². The van der Waals surface area contributed by atoms with E-state index >= 15 is 0 Å². The van der Waals surface area contributed by atoms with E-state index in [2.05, 4.69) is 25.9 Å². The molecule has 1 aliphatic rings. The molecule has 2 aromatic heterocycles. The van der Waals surface area contributed by atoms with Gasteiger partial charge in [-0.2, -0.15) is 5.10 Å². The molecule has 0 radical (unpaired) electrons. The summed E-state index contributed by atoms with van der Waals surface area (Å²) in [5.74, 6) is 0.477. The quantitative estimate of drug-likeness (QED) is 0.338. The Kier molecular flexibility index (Phi) is 6.76. The zero-order chi connectivity index (χ0) is 25.3. The third-order valence-corrected chi connectivity index (χ3v) is 7.27. The number of nitrogens with zero attached hydrogens (tertiary/aromatic N) is 4. The van der Waals surface area contributed by atoms with Crippen molar-refractivity contribution in [2.24, 2.45) is 13.0 Å². The molecule has 184 valence electrons. The number of hydrogen-bond acceptors (Lipinski definition) is 8. The second kappa shape index (κ2) is 9.62. The number of carbonyl (C=O) groups is 2. The number of benzene rings is 1. The predicted octanol–water partition coefficient (Wildman–Crippen LogP) is 3.82. The first-order valence-corrected chi connectivity index (χ1v) is 14.0. The molecule has 35 heavy (non-hydrogen) atoms. The Morgan fingerprint density at radius 1 is 1.17 bits per heavy atom. The van der Waals surface area contributed by atoms with Crippen molar-refractivity contribution in [1.29, 1.82) is 0 Å². The molecular formula is C24H29N6O4P. The number of aromatic nitrogens is 4. The van der Waals surface area contributed by atoms with Crippen LogP contribution in [-0.2, 0) is 16.4 Å². The first-order chi connectivity index (χ1) is 16.6. The topological polar surface area (TPSA) is 128 Å². The van der Waals surface area contributed by atoms with E-state index in [-0.39, 0.29) is 35.5 Å². The van der Waals surface area contributed by atoms with Crippen molar-refractivity contribution in [3.8, 4) is 17.0 Å². The van der Waals surface area contributed by atoms with Crippen molar-refractivity contribution >= 4 is 41.5 Å². The van der Waals surface area contributed by atoms with E-state index in [1.807, 2.05) is 12.1 Å². The monoisotopic (exact) mass is 496 g/mol. The minimum atomic E-state index is -2.53. The molecule has 1 amide bonds. The lowest BCUT2D eigenvalue weighted by molar-refractivity contribution is -0.117. The maximum absolute atomic E-state index is 12.6. The first kappa shape index (κ1) is 24.6. The van der Waals surface area contributed by atoms with Gasteiger partial charge in [0, 0.05) is 31.0 Å². The van der Waals surface area contributed by atoms with Crippen LogP contribution in [0, 0.1) is 5.92 Å². The normalized spacial score (nSPS) is 13.4. The van der Waals surface area contributed by atoms with Crippen LogP contribution in [0.3, 0.4) is 0 Å². The van der Waals surface area contributed by atoms with Crippen molar-refractivity contribution in [3.63, 3.8) is 0 Å². The van der Waals surface area contributed by atoms with Gasteiger partial charge in [-0.25, -0.2) is 0 Å². The SMILES string of the molecule is CCC(=O)c1nnc(NC(=O)C2CC2)cc1Nc1cccc(-c2cc(P(C)(C)=O)n(C)n2)c1OC. The summed E-state index contributed by atoms with van der Waals surface area (Å²) < 4.78 is 20.0. The summed E-state index contributed by atoms with van der Waals surface area (Å²) in [6.07, 6.45) is 1.97. The van der Waals surface area contributed by atoms with Crippen LogP contribution < -0.4 is 20.8 Å². The smallest absolute Gasteiger partial charge is 0.228 e. The predicted molar refractivity (Wildman–Crippen MR) is 136 cm³/mol. The summed E-state index contributed by atoms with van der Waals surface area (Å²) in [4.78, 5) is 24.8. The number of ketones is 1. The highest BCUT2D eigenvalue weighted by atomic mass is 31.2. The fourth-order valence-electron chi connectivity index (χ4n) is 3.79. The Hall–Kier alpha value is -3.52. The second-order valence-corrected chi connectivity index (χ2v) is 12.1. The molecule has 3 aromatic rings. The maximum atomic E-state index is 12.6. The Bertz CT molecular complexity index is 1340. The lowest BCUT2D eigenvalue weighted by atomic mass is 10.1. The minimum absolute atomic E-state index is 0.00625. The molecule has 0 saturated heterocycles. The number of methoxy groups -OCH3 is 1. The van der Waals surface area contributed by atoms with Crippen LogP contribution in [0.4, 0.5) is 17.2 Å². The van der Waals surface area contributed by atoms with Crippen LogP contribution in [0.2, 0.25) is 0 Å². The highest BCUT2D eigenvalue weighted by molar-refractivity contribution is 7.69. The number of hydrogen-bond donors (Lipinski definition) is 2. The average Bonchev–Trinajstić information content (AvgIpc) is 3.59. The van der Waals surface area contributed by atoms with Crippen molar-refractivity contribution in [2.75, 3.05) is 31.1 Å². The molecule has 2 N–H and O–H groups in total. The Labute approximate surface area is 203 Å². The number of rotatable bonds is 9. The van der Waals surface area contributed by atoms with Crippen LogP contribution in [0.25, 0.3) is 11.3 Å². The van der Waals surface area contributed by atoms with Crippen LogP contribution in [0.1, 0.15) is 36.7 Å². The third-order valence-electron chi connectivity index (χ3n) is 5.75. The van der Waals surface area contributed by atoms with E-state index in [1.165, 1.54) is 0 Å². The largest absolute Gasteiger partial charge is 0.494 e. The Morgan fingerprint density at radius 2 is 1.91 bits per heavy atom. The van der Waals surface area contributed by atoms with Crippen LogP contribution >= 0.6 is 7.14 Å². The first-order valence-electron chi connectivity index (χ1n) is 11.4. The maximum Gasteiger partial charge on any atom is 0.228 e. The fourth-order valence-corrected chi connectivity index (χ4v) is 4.97. The lowest BCUT2D eigenvalue weighted by Gasteiger charge is -2.16. The summed E-state index contributed by atoms with van der Waals surface area (Å²) in [5.41, 5.74) is 3.11. The zero-order valence-electron chi connectivity index (χ0n) is 20.5. The molecule has 4 rings (SSSR count). The van der Waals surface area contributed by atoms with Gasteiger partial charge in [0.15, 0.2) is 23.0 Å². The van der Waals surface area contributed by atoms with Gasteiger partial charge in [-0.1, -0.05) is 13.0 Å². The minimum Gasteiger partial charge on any atom is -0.494 e. The van der Waals surface area contributed by atoms with Gasteiger partial charge in [-0.05, 0) is 44.4 Å². The van der Waals surface area contributed by atoms with Crippen LogP contribution in [-0.4, -0.2) is 52.1 Å². The van der Waals surface area contributed by atoms with E-state index < -0.39 is 7.14 Å². The standard InChI is InChI=1S/C24H29N6O4P/c1-6-19(31)22-18(12-20(27-28-22)26-24(32)14-10-11-14)25-16-9-7-8-15(23(16)34-3)17-13-21(30(2)29-17)35(4,5)33/h7-9,12-14H,6,10-11H2,1-5H3,(H2,25,26,27,32). The number of aryl methyl sites for hydroxylation is 1. The number of Topliss-reactive ketones (excluding diaryl/α,β-unsaturated/α-hetero) is 1. The molecule has 1 aromatic carbocycles. The molecule has 1 aliphatic carbocycles. The number of carbonyl (C=O) groups excluding carboxylic acids is 2. The van der Waals surface area contributed by atoms with E-state index in [9.17, 15) is 14.2 Å². The summed E-state index contributed by atoms with van der Waals surface area (Å²) in [5, 5.41) is 18.7. The molecule has 10 nitrogen and oxygen atoms in total. The fraction of sp³-hybridized carbons (Fsp3) is 0.375. The van der Waals surface area contributed by atoms with Gasteiger partial charge < -0.3 is 19.9 Å². The van der Waals surface area contributed by atoms with Gasteiger partial charge in [0.1, 0.15) is 7.14 Å². The van der Waals surface area contributed by atoms with Crippen molar-refractivity contribution in [1.82, 2.24) is 20.0 Å². The highest BCUT2D eigenvalue weighted by Gasteiger charge is 2.30. The molecule has 2 heterocycles. The summed E-state index contributed by atoms with van der Waals surface area (Å²) in [7, 11) is 0.774. The highest BCUT2D eigenvalue weighted by Crippen LogP contribution is 2.40. The van der Waals surface area contributed by atoms with Gasteiger partial charge in [0.2, 0.25) is 5.91 Å². The Morgan fingerprint density at radius 3 is 2.51 bits per heavy atom. The Balaban J connectivity index is 1.74. The number of amides is 1. The molecule has 1 fully saturated rings. The molecule has 0 bridgehead atoms. The van der Waals surface area contributed by atoms with Crippen molar-refractivity contribution in [2.45, 2.75) is 26.2 Å². The van der Waals surface area contributed by atoms with E-state index in [0.29, 0.717) is 33.8 Å². The number of anilines is 3. The molecule has 1 saturated carbocycles. The second-order valence-electron chi connectivity index (χ2n) is 8.91. The molecule has 11 heteroatoms. The van der Waals surface area contributed by atoms with E-state index in [1.54, 1.807) is 57.3 Å². The van der Waals surface area contributed by atoms with Crippen molar-refractivity contribution in [3.05, 3.63) is 36.0 Å². The third kappa shape index (κ3) is 5.27. The molecular weight excluding hydrogens is 467 g/mol. The van der Waals surface area contributed by atoms with Gasteiger partial charge in [0.25, 0.3) is 0 Å². The number of ether oxygens (including phenoxy) is 1. The van der Waals surface area contributed by atoms with Gasteiger partial charge in [-0.3, -0.25) is 14.3 Å². The number of para-hydroxylation sites is 1. The van der Waals surface area contributed by atoms with Gasteiger partial charge in [-0.15, -0.1) is 10.2 Å². The van der Waals surface area contributed by atoms with Gasteiger partial charge >= 0.3 is 0 Å². The summed E-state index contributed by atoms with van der Waals surface area (Å²) in [6, 6.07) is 8.90. The van der Waals surface area contributed by atoms with Crippen LogP contribution in [0.15, 0.2) is 30.3 Å². The van der Waals surface area contributed by atoms with Gasteiger partial charge in [0.05, 0.1) is 29.6 Å². The zero-order valence-corrected chi connectivity index (χ0v) is 21.3. The van der Waals surface area contributed by atoms with E-state index in [4.69, 9.17) is 4.74 Å². The van der Waals surface area contributed by atoms with Crippen LogP contribution in [0.5, 0.6) is 5.75 Å². The average molecular weight is 497 g/mol. The molecule has 0 unspecified atom stereocenters. The van der Waals surface area contributed by atoms with E-state index in [0.717, 1.165) is 12.8 Å². The molecule has 0 spiro atoms. The molecule has 0 atom stereocenters. The molecule has 0 aliphatic heterocycles. The lowest BCUT2D eigenvalue weighted by Crippen LogP contribution is -2.16. The summed E-state index contributed by atoms with van der Waals surface area (Å²) in [6.45, 7) is 5.15.